The van der Waals surface area contributed by atoms with Crippen LogP contribution in [0, 0.1) is 17.8 Å². The van der Waals surface area contributed by atoms with E-state index in [4.69, 9.17) is 9.63 Å². The van der Waals surface area contributed by atoms with Crippen molar-refractivity contribution in [3.05, 3.63) is 47.6 Å². The van der Waals surface area contributed by atoms with Crippen molar-refractivity contribution < 1.29 is 19.2 Å². The lowest BCUT2D eigenvalue weighted by molar-refractivity contribution is -0.132. The Morgan fingerprint density at radius 3 is 2.40 bits per heavy atom. The molecule has 186 valence electrons. The Labute approximate surface area is 206 Å². The highest BCUT2D eigenvalue weighted by molar-refractivity contribution is 5.96. The van der Waals surface area contributed by atoms with Crippen molar-refractivity contribution >= 4 is 23.6 Å². The second kappa shape index (κ2) is 9.25. The summed E-state index contributed by atoms with van der Waals surface area (Å²) in [6.45, 7) is 1.88. The molecule has 35 heavy (non-hydrogen) atoms. The van der Waals surface area contributed by atoms with Crippen LogP contribution in [0.1, 0.15) is 94.3 Å². The summed E-state index contributed by atoms with van der Waals surface area (Å²) >= 11 is 0. The van der Waals surface area contributed by atoms with Crippen LogP contribution in [-0.2, 0) is 15.0 Å². The predicted molar refractivity (Wildman–Crippen MR) is 133 cm³/mol. The highest BCUT2D eigenvalue weighted by Crippen LogP contribution is 2.62. The first-order valence-electron chi connectivity index (χ1n) is 13.0. The first-order chi connectivity index (χ1) is 16.8. The highest BCUT2D eigenvalue weighted by Gasteiger charge is 2.55. The molecule has 4 fully saturated rings. The molecule has 0 aliphatic heterocycles. The number of rotatable bonds is 7. The van der Waals surface area contributed by atoms with Crippen molar-refractivity contribution in [2.45, 2.75) is 89.4 Å². The smallest absolute Gasteiger partial charge is 0.328 e. The number of carboxylic acid groups (broad SMARTS) is 1. The van der Waals surface area contributed by atoms with Crippen LogP contribution in [0.4, 0.5) is 5.69 Å². The van der Waals surface area contributed by atoms with E-state index >= 15 is 0 Å². The monoisotopic (exact) mass is 477 g/mol. The fraction of sp³-hybridized carbons (Fsp3) is 0.571. The number of aliphatic carboxylic acids is 1. The van der Waals surface area contributed by atoms with Crippen LogP contribution in [0.15, 0.2) is 34.9 Å². The molecular weight excluding hydrogens is 442 g/mol. The van der Waals surface area contributed by atoms with Crippen molar-refractivity contribution in [1.29, 1.82) is 0 Å². The molecule has 0 radical (unpaired) electrons. The minimum atomic E-state index is -0.988. The molecule has 4 saturated carbocycles. The Bertz CT molecular complexity index is 1100. The number of nitrogens with one attached hydrogen (secondary N) is 1. The normalized spacial score (nSPS) is 27.7. The zero-order valence-electron chi connectivity index (χ0n) is 20.5. The Hall–Kier alpha value is -2.96. The van der Waals surface area contributed by atoms with E-state index in [1.54, 1.807) is 6.08 Å². The summed E-state index contributed by atoms with van der Waals surface area (Å²) in [6.07, 6.45) is 15.4. The van der Waals surface area contributed by atoms with Gasteiger partial charge in [-0.15, -0.1) is 0 Å². The number of amides is 1. The molecule has 1 aromatic heterocycles. The fourth-order valence-corrected chi connectivity index (χ4v) is 6.94. The van der Waals surface area contributed by atoms with Crippen LogP contribution in [0.3, 0.4) is 0 Å². The number of carbonyl (C=O) groups is 2. The third-order valence-electron chi connectivity index (χ3n) is 8.95. The van der Waals surface area contributed by atoms with Crippen molar-refractivity contribution in [2.75, 3.05) is 5.32 Å². The quantitative estimate of drug-likeness (QED) is 0.471. The average molecular weight is 478 g/mol. The number of carboxylic acids is 1. The number of fused-ring (bicyclic) bond motifs is 3. The van der Waals surface area contributed by atoms with Crippen molar-refractivity contribution in [1.82, 2.24) is 10.1 Å². The third-order valence-corrected chi connectivity index (χ3v) is 8.95. The highest BCUT2D eigenvalue weighted by atomic mass is 16.5. The molecule has 0 atom stereocenters. The van der Waals surface area contributed by atoms with Gasteiger partial charge in [-0.1, -0.05) is 36.6 Å². The predicted octanol–water partition coefficient (Wildman–Crippen LogP) is 6.05. The van der Waals surface area contributed by atoms with Crippen molar-refractivity contribution in [2.24, 2.45) is 10.8 Å². The number of hydrogen-bond acceptors (Lipinski definition) is 5. The number of aryl methyl sites for hydroxylation is 1. The topological polar surface area (TPSA) is 105 Å². The van der Waals surface area contributed by atoms with Crippen LogP contribution in [0.2, 0.25) is 0 Å². The van der Waals surface area contributed by atoms with Gasteiger partial charge in [-0.2, -0.15) is 4.98 Å². The van der Waals surface area contributed by atoms with Crippen molar-refractivity contribution in [3.8, 4) is 0 Å². The number of anilines is 1. The van der Waals surface area contributed by atoms with Gasteiger partial charge in [0, 0.05) is 17.2 Å². The average Bonchev–Trinajstić information content (AvgIpc) is 3.31. The maximum absolute atomic E-state index is 13.8. The molecule has 2 N–H and O–H groups in total. The lowest BCUT2D eigenvalue weighted by Crippen LogP contribution is -2.49. The number of benzene rings is 1. The van der Waals surface area contributed by atoms with Crippen molar-refractivity contribution in [3.63, 3.8) is 0 Å². The summed E-state index contributed by atoms with van der Waals surface area (Å²) in [5.41, 5.74) is 1.37. The van der Waals surface area contributed by atoms with E-state index in [0.29, 0.717) is 5.82 Å². The van der Waals surface area contributed by atoms with E-state index in [1.807, 2.05) is 31.2 Å². The van der Waals surface area contributed by atoms with Crippen LogP contribution >= 0.6 is 0 Å². The molecule has 4 aliphatic carbocycles. The Morgan fingerprint density at radius 1 is 1.06 bits per heavy atom. The van der Waals surface area contributed by atoms with Gasteiger partial charge in [0.25, 0.3) is 0 Å². The SMILES string of the molecule is Cc1noc(C23CCC(CC4(C(=O)Nc5cccc(/C=C/C(=O)O)c5)CCCCC4)(CC2)CC3)n1. The number of nitrogens with zero attached hydrogens (tertiary/aromatic N) is 2. The summed E-state index contributed by atoms with van der Waals surface area (Å²) in [5.74, 6) is 0.654. The van der Waals surface area contributed by atoms with E-state index in [9.17, 15) is 9.59 Å². The molecule has 4 aliphatic rings. The summed E-state index contributed by atoms with van der Waals surface area (Å²) in [5, 5.41) is 16.2. The molecule has 0 spiro atoms. The van der Waals surface area contributed by atoms with E-state index < -0.39 is 5.97 Å². The number of hydrogen-bond donors (Lipinski definition) is 2. The minimum absolute atomic E-state index is 0.0227. The molecule has 1 amide bonds. The molecule has 0 unspecified atom stereocenters. The molecule has 2 aromatic rings. The fourth-order valence-electron chi connectivity index (χ4n) is 6.94. The summed E-state index contributed by atoms with van der Waals surface area (Å²) in [7, 11) is 0. The van der Waals surface area contributed by atoms with Gasteiger partial charge >= 0.3 is 5.97 Å². The van der Waals surface area contributed by atoms with Gasteiger partial charge in [0.15, 0.2) is 5.82 Å². The lowest BCUT2D eigenvalue weighted by Gasteiger charge is -2.55. The Balaban J connectivity index is 1.32. The second-order valence-electron chi connectivity index (χ2n) is 11.2. The number of carbonyl (C=O) groups excluding carboxylic acids is 1. The van der Waals surface area contributed by atoms with Crippen LogP contribution in [0.5, 0.6) is 0 Å². The van der Waals surface area contributed by atoms with E-state index in [2.05, 4.69) is 15.5 Å². The van der Waals surface area contributed by atoms with E-state index in [0.717, 1.165) is 93.8 Å². The molecule has 7 nitrogen and oxygen atoms in total. The van der Waals surface area contributed by atoms with Crippen LogP contribution < -0.4 is 5.32 Å². The molecule has 2 bridgehead atoms. The number of aromatic nitrogens is 2. The largest absolute Gasteiger partial charge is 0.478 e. The molecule has 6 rings (SSSR count). The maximum Gasteiger partial charge on any atom is 0.328 e. The van der Waals surface area contributed by atoms with Gasteiger partial charge in [0.2, 0.25) is 11.8 Å². The van der Waals surface area contributed by atoms with Gasteiger partial charge in [-0.25, -0.2) is 4.79 Å². The summed E-state index contributed by atoms with van der Waals surface area (Å²) in [4.78, 5) is 29.3. The van der Waals surface area contributed by atoms with E-state index in [-0.39, 0.29) is 22.2 Å². The summed E-state index contributed by atoms with van der Waals surface area (Å²) < 4.78 is 5.61. The first kappa shape index (κ1) is 23.8. The van der Waals surface area contributed by atoms with Gasteiger partial charge in [-0.3, -0.25) is 4.79 Å². The Morgan fingerprint density at radius 2 is 1.77 bits per heavy atom. The standard InChI is InChI=1S/C28H35N3O4/c1-20-29-25(35-31-20)27-15-12-26(13-16-27,14-17-27)19-28(10-3-2-4-11-28)24(34)30-22-7-5-6-21(18-22)8-9-23(32)33/h5-9,18H,2-4,10-17,19H2,1H3,(H,30,34)(H,32,33)/b9-8+. The maximum atomic E-state index is 13.8. The lowest BCUT2D eigenvalue weighted by atomic mass is 9.49. The molecular formula is C28H35N3O4. The zero-order valence-corrected chi connectivity index (χ0v) is 20.5. The molecule has 7 heteroatoms. The van der Waals surface area contributed by atoms with Gasteiger partial charge in [0.05, 0.1) is 5.41 Å². The van der Waals surface area contributed by atoms with Gasteiger partial charge in [0.1, 0.15) is 0 Å². The summed E-state index contributed by atoms with van der Waals surface area (Å²) in [6, 6.07) is 7.41. The molecule has 0 saturated heterocycles. The third kappa shape index (κ3) is 4.78. The molecule has 1 heterocycles. The van der Waals surface area contributed by atoms with E-state index in [1.165, 1.54) is 6.42 Å². The first-order valence-corrected chi connectivity index (χ1v) is 13.0. The van der Waals surface area contributed by atoms with Crippen LogP contribution in [0.25, 0.3) is 6.08 Å². The Kier molecular flexibility index (Phi) is 6.28. The van der Waals surface area contributed by atoms with Gasteiger partial charge < -0.3 is 14.9 Å². The second-order valence-corrected chi connectivity index (χ2v) is 11.2. The minimum Gasteiger partial charge on any atom is -0.478 e. The molecule has 1 aromatic carbocycles. The zero-order chi connectivity index (χ0) is 24.5. The van der Waals surface area contributed by atoms with Crippen LogP contribution in [-0.4, -0.2) is 27.1 Å². The van der Waals surface area contributed by atoms with Gasteiger partial charge in [-0.05, 0) is 93.9 Å².